The number of hydrogen-bond donors (Lipinski definition) is 2. The predicted molar refractivity (Wildman–Crippen MR) is 117 cm³/mol. The van der Waals surface area contributed by atoms with Crippen molar-refractivity contribution in [2.75, 3.05) is 24.9 Å². The van der Waals surface area contributed by atoms with Crippen molar-refractivity contribution in [3.8, 4) is 11.5 Å². The van der Waals surface area contributed by atoms with Crippen LogP contribution < -0.4 is 20.1 Å². The molecule has 7 nitrogen and oxygen atoms in total. The van der Waals surface area contributed by atoms with Crippen LogP contribution in [-0.2, 0) is 0 Å². The molecule has 1 amide bonds. The number of anilines is 2. The van der Waals surface area contributed by atoms with Crippen molar-refractivity contribution >= 4 is 29.0 Å². The van der Waals surface area contributed by atoms with Crippen LogP contribution in [0.5, 0.6) is 11.5 Å². The van der Waals surface area contributed by atoms with Gasteiger partial charge in [0, 0.05) is 18.2 Å². The van der Waals surface area contributed by atoms with Gasteiger partial charge in [-0.3, -0.25) is 4.79 Å². The summed E-state index contributed by atoms with van der Waals surface area (Å²) >= 11 is 6.36. The molecule has 174 valence electrons. The molecule has 2 aromatic carbocycles. The van der Waals surface area contributed by atoms with E-state index in [1.807, 2.05) is 0 Å². The zero-order valence-corrected chi connectivity index (χ0v) is 18.4. The summed E-state index contributed by atoms with van der Waals surface area (Å²) in [7, 11) is 2.91. The number of carbonyl (C=O) groups is 1. The number of carbonyl (C=O) groups excluding carboxylic acids is 1. The number of aromatic nitrogens is 2. The maximum absolute atomic E-state index is 13.9. The van der Waals surface area contributed by atoms with Gasteiger partial charge in [0.2, 0.25) is 0 Å². The molecular weight excluding hydrogens is 461 g/mol. The van der Waals surface area contributed by atoms with Crippen molar-refractivity contribution in [1.82, 2.24) is 9.78 Å². The van der Waals surface area contributed by atoms with Gasteiger partial charge in [-0.2, -0.15) is 18.3 Å². The van der Waals surface area contributed by atoms with E-state index in [2.05, 4.69) is 15.7 Å². The quantitative estimate of drug-likeness (QED) is 0.506. The van der Waals surface area contributed by atoms with E-state index >= 15 is 0 Å². The molecule has 2 N–H and O–H groups in total. The molecule has 0 radical (unpaired) electrons. The van der Waals surface area contributed by atoms with E-state index in [9.17, 15) is 18.0 Å². The average molecular weight is 481 g/mol. The number of ether oxygens (including phenoxy) is 2. The molecule has 0 unspecified atom stereocenters. The van der Waals surface area contributed by atoms with E-state index in [1.54, 1.807) is 42.5 Å². The van der Waals surface area contributed by atoms with Gasteiger partial charge >= 0.3 is 6.18 Å². The Morgan fingerprint density at radius 1 is 1.15 bits per heavy atom. The Kier molecular flexibility index (Phi) is 6.11. The van der Waals surface area contributed by atoms with E-state index < -0.39 is 24.2 Å². The number of rotatable bonds is 5. The number of halogens is 4. The molecule has 1 aliphatic rings. The summed E-state index contributed by atoms with van der Waals surface area (Å²) in [6.07, 6.45) is -4.88. The average Bonchev–Trinajstić information content (AvgIpc) is 3.14. The number of amides is 1. The lowest BCUT2D eigenvalue weighted by Crippen LogP contribution is -2.35. The van der Waals surface area contributed by atoms with Gasteiger partial charge in [-0.15, -0.1) is 0 Å². The molecule has 0 aliphatic carbocycles. The van der Waals surface area contributed by atoms with Crippen LogP contribution in [0.15, 0.2) is 48.5 Å². The van der Waals surface area contributed by atoms with Gasteiger partial charge in [0.15, 0.2) is 23.2 Å². The molecule has 11 heteroatoms. The van der Waals surface area contributed by atoms with Crippen molar-refractivity contribution in [2.24, 2.45) is 0 Å². The lowest BCUT2D eigenvalue weighted by atomic mass is 9.97. The van der Waals surface area contributed by atoms with Crippen LogP contribution in [0.1, 0.15) is 34.6 Å². The molecule has 33 heavy (non-hydrogen) atoms. The number of methoxy groups -OCH3 is 2. The molecule has 0 spiro atoms. The van der Waals surface area contributed by atoms with Gasteiger partial charge in [0.05, 0.1) is 20.3 Å². The van der Waals surface area contributed by atoms with Crippen LogP contribution in [-0.4, -0.2) is 36.1 Å². The predicted octanol–water partition coefficient (Wildman–Crippen LogP) is 5.47. The Morgan fingerprint density at radius 3 is 2.48 bits per heavy atom. The molecule has 4 rings (SSSR count). The highest BCUT2D eigenvalue weighted by atomic mass is 35.5. The van der Waals surface area contributed by atoms with E-state index in [1.165, 1.54) is 20.3 Å². The van der Waals surface area contributed by atoms with Gasteiger partial charge < -0.3 is 20.1 Å². The highest BCUT2D eigenvalue weighted by Crippen LogP contribution is 2.46. The molecule has 0 saturated carbocycles. The first-order chi connectivity index (χ1) is 15.7. The number of hydrogen-bond acceptors (Lipinski definition) is 5. The van der Waals surface area contributed by atoms with Crippen LogP contribution in [0.3, 0.4) is 0 Å². The zero-order chi connectivity index (χ0) is 23.8. The third kappa shape index (κ3) is 4.43. The minimum Gasteiger partial charge on any atom is -0.493 e. The van der Waals surface area contributed by atoms with E-state index in [4.69, 9.17) is 21.1 Å². The van der Waals surface area contributed by atoms with Crippen molar-refractivity contribution in [2.45, 2.75) is 24.7 Å². The maximum Gasteiger partial charge on any atom is 0.410 e. The summed E-state index contributed by atoms with van der Waals surface area (Å²) in [6.45, 7) is 0. The third-order valence-electron chi connectivity index (χ3n) is 5.35. The van der Waals surface area contributed by atoms with Crippen LogP contribution in [0.2, 0.25) is 5.02 Å². The Labute approximate surface area is 192 Å². The van der Waals surface area contributed by atoms with Gasteiger partial charge in [-0.1, -0.05) is 41.9 Å². The maximum atomic E-state index is 13.9. The number of fused-ring (bicyclic) bond motifs is 1. The molecule has 0 fully saturated rings. The second-order valence-electron chi connectivity index (χ2n) is 7.38. The van der Waals surface area contributed by atoms with Gasteiger partial charge in [0.25, 0.3) is 5.91 Å². The number of alkyl halides is 3. The first-order valence-electron chi connectivity index (χ1n) is 9.92. The molecular formula is C22H20ClF3N4O3. The topological polar surface area (TPSA) is 77.4 Å². The van der Waals surface area contributed by atoms with Crippen LogP contribution in [0.4, 0.5) is 24.7 Å². The monoisotopic (exact) mass is 480 g/mol. The number of nitrogens with zero attached hydrogens (tertiary/aromatic N) is 2. The van der Waals surface area contributed by atoms with Crippen molar-refractivity contribution in [3.63, 3.8) is 0 Å². The second kappa shape index (κ2) is 8.86. The fourth-order valence-electron chi connectivity index (χ4n) is 3.74. The highest BCUT2D eigenvalue weighted by molar-refractivity contribution is 6.36. The van der Waals surface area contributed by atoms with Gasteiger partial charge in [-0.05, 0) is 17.7 Å². The molecule has 2 atom stereocenters. The van der Waals surface area contributed by atoms with E-state index in [-0.39, 0.29) is 23.0 Å². The Bertz CT molecular complexity index is 1170. The van der Waals surface area contributed by atoms with Crippen molar-refractivity contribution < 1.29 is 27.4 Å². The normalized spacial score (nSPS) is 17.6. The largest absolute Gasteiger partial charge is 0.493 e. The summed E-state index contributed by atoms with van der Waals surface area (Å²) in [6, 6.07) is 10.8. The molecule has 0 bridgehead atoms. The fraction of sp³-hybridized carbons (Fsp3) is 0.273. The second-order valence-corrected chi connectivity index (χ2v) is 7.76. The van der Waals surface area contributed by atoms with Gasteiger partial charge in [-0.25, -0.2) is 4.68 Å². The first kappa shape index (κ1) is 22.8. The minimum absolute atomic E-state index is 0.0587. The van der Waals surface area contributed by atoms with E-state index in [0.29, 0.717) is 22.7 Å². The molecule has 3 aromatic rings. The Morgan fingerprint density at radius 2 is 1.85 bits per heavy atom. The van der Waals surface area contributed by atoms with Crippen LogP contribution in [0.25, 0.3) is 0 Å². The van der Waals surface area contributed by atoms with Crippen LogP contribution >= 0.6 is 11.6 Å². The summed E-state index contributed by atoms with van der Waals surface area (Å²) in [4.78, 5) is 12.9. The first-order valence-corrected chi connectivity index (χ1v) is 10.3. The van der Waals surface area contributed by atoms with Gasteiger partial charge in [0.1, 0.15) is 10.8 Å². The molecule has 1 aliphatic heterocycles. The zero-order valence-electron chi connectivity index (χ0n) is 17.6. The standard InChI is InChI=1S/C22H20ClF3N4O3/c1-32-15-9-8-13(10-16(15)33-2)27-21(31)19-18(23)20-28-14(12-6-4-3-5-7-12)11-17(22(24,25)26)30(20)29-19/h3-10,14,17,28H,11H2,1-2H3,(H,27,31)/t14-,17+/m0/s1. The minimum atomic E-state index is -4.59. The summed E-state index contributed by atoms with van der Waals surface area (Å²) < 4.78 is 52.8. The van der Waals surface area contributed by atoms with Crippen molar-refractivity contribution in [3.05, 3.63) is 64.8 Å². The number of benzene rings is 2. The Balaban J connectivity index is 1.67. The lowest BCUT2D eigenvalue weighted by Gasteiger charge is -2.33. The summed E-state index contributed by atoms with van der Waals surface area (Å²) in [5.74, 6) is 0.00913. The smallest absolute Gasteiger partial charge is 0.410 e. The summed E-state index contributed by atoms with van der Waals surface area (Å²) in [5.41, 5.74) is 0.686. The van der Waals surface area contributed by atoms with E-state index in [0.717, 1.165) is 4.68 Å². The SMILES string of the molecule is COc1ccc(NC(=O)c2nn3c(c2Cl)N[C@H](c2ccccc2)C[C@@H]3C(F)(F)F)cc1OC. The van der Waals surface area contributed by atoms with Crippen LogP contribution in [0, 0.1) is 0 Å². The Hall–Kier alpha value is -3.40. The summed E-state index contributed by atoms with van der Waals surface area (Å²) in [5, 5.41) is 9.34. The molecule has 0 saturated heterocycles. The number of nitrogens with one attached hydrogen (secondary N) is 2. The lowest BCUT2D eigenvalue weighted by molar-refractivity contribution is -0.173. The molecule has 2 heterocycles. The molecule has 1 aromatic heterocycles. The highest BCUT2D eigenvalue weighted by Gasteiger charge is 2.47. The fourth-order valence-corrected chi connectivity index (χ4v) is 4.01. The van der Waals surface area contributed by atoms with Crippen molar-refractivity contribution in [1.29, 1.82) is 0 Å². The third-order valence-corrected chi connectivity index (χ3v) is 5.71.